The Labute approximate surface area is 151 Å². The van der Waals surface area contributed by atoms with Gasteiger partial charge in [-0.05, 0) is 77.1 Å². The molecule has 140 valence electrons. The predicted molar refractivity (Wildman–Crippen MR) is 99.4 cm³/mol. The SMILES string of the molecule is CC(NC(=O)N1CCC(CCn2cccn2)CC1)C1CCN(C)CC1. The van der Waals surface area contributed by atoms with E-state index in [0.29, 0.717) is 11.8 Å². The van der Waals surface area contributed by atoms with Gasteiger partial charge in [0.05, 0.1) is 0 Å². The van der Waals surface area contributed by atoms with Crippen LogP contribution in [-0.2, 0) is 6.54 Å². The van der Waals surface area contributed by atoms with Gasteiger partial charge in [-0.1, -0.05) is 0 Å². The molecule has 1 atom stereocenters. The van der Waals surface area contributed by atoms with Crippen LogP contribution in [0.5, 0.6) is 0 Å². The van der Waals surface area contributed by atoms with Gasteiger partial charge >= 0.3 is 6.03 Å². The molecule has 0 bridgehead atoms. The standard InChI is InChI=1S/C19H33N5O/c1-16(18-7-11-22(2)12-8-18)21-19(25)23-13-4-17(5-14-23)6-15-24-10-3-9-20-24/h3,9-10,16-18H,4-8,11-15H2,1-2H3,(H,21,25). The first-order valence-electron chi connectivity index (χ1n) is 9.83. The van der Waals surface area contributed by atoms with Gasteiger partial charge in [0.15, 0.2) is 0 Å². The number of nitrogens with one attached hydrogen (secondary N) is 1. The molecule has 1 aromatic rings. The van der Waals surface area contributed by atoms with Crippen molar-refractivity contribution in [3.8, 4) is 0 Å². The number of rotatable bonds is 5. The Balaban J connectivity index is 1.36. The Morgan fingerprint density at radius 1 is 1.20 bits per heavy atom. The summed E-state index contributed by atoms with van der Waals surface area (Å²) in [4.78, 5) is 16.9. The highest BCUT2D eigenvalue weighted by atomic mass is 16.2. The van der Waals surface area contributed by atoms with Gasteiger partial charge in [0.1, 0.15) is 0 Å². The van der Waals surface area contributed by atoms with Crippen molar-refractivity contribution in [3.63, 3.8) is 0 Å². The average Bonchev–Trinajstić information content (AvgIpc) is 3.14. The highest BCUT2D eigenvalue weighted by molar-refractivity contribution is 5.74. The molecule has 6 heteroatoms. The number of aryl methyl sites for hydroxylation is 1. The lowest BCUT2D eigenvalue weighted by Crippen LogP contribution is -2.50. The Bertz CT molecular complexity index is 516. The molecule has 1 unspecified atom stereocenters. The Morgan fingerprint density at radius 3 is 2.56 bits per heavy atom. The topological polar surface area (TPSA) is 53.4 Å². The third-order valence-electron chi connectivity index (χ3n) is 6.05. The smallest absolute Gasteiger partial charge is 0.317 e. The summed E-state index contributed by atoms with van der Waals surface area (Å²) in [6.45, 7) is 7.21. The van der Waals surface area contributed by atoms with E-state index in [4.69, 9.17) is 0 Å². The highest BCUT2D eigenvalue weighted by Gasteiger charge is 2.27. The molecule has 1 N–H and O–H groups in total. The Morgan fingerprint density at radius 2 is 1.92 bits per heavy atom. The van der Waals surface area contributed by atoms with Crippen LogP contribution in [0.15, 0.2) is 18.5 Å². The number of carbonyl (C=O) groups excluding carboxylic acids is 1. The van der Waals surface area contributed by atoms with E-state index in [0.717, 1.165) is 52.0 Å². The van der Waals surface area contributed by atoms with Crippen LogP contribution < -0.4 is 5.32 Å². The minimum atomic E-state index is 0.136. The lowest BCUT2D eigenvalue weighted by Gasteiger charge is -2.36. The molecule has 6 nitrogen and oxygen atoms in total. The zero-order valence-electron chi connectivity index (χ0n) is 15.7. The van der Waals surface area contributed by atoms with Gasteiger partial charge in [-0.2, -0.15) is 5.10 Å². The molecule has 2 aliphatic heterocycles. The lowest BCUT2D eigenvalue weighted by atomic mass is 9.90. The van der Waals surface area contributed by atoms with Crippen LogP contribution in [0.3, 0.4) is 0 Å². The second-order valence-electron chi connectivity index (χ2n) is 7.87. The minimum absolute atomic E-state index is 0.136. The number of nitrogens with zero attached hydrogens (tertiary/aromatic N) is 4. The third-order valence-corrected chi connectivity index (χ3v) is 6.05. The molecule has 2 saturated heterocycles. The summed E-state index contributed by atoms with van der Waals surface area (Å²) < 4.78 is 2.00. The number of aromatic nitrogens is 2. The van der Waals surface area contributed by atoms with Gasteiger partial charge in [-0.15, -0.1) is 0 Å². The van der Waals surface area contributed by atoms with Crippen LogP contribution in [-0.4, -0.2) is 64.9 Å². The number of amides is 2. The van der Waals surface area contributed by atoms with Crippen molar-refractivity contribution in [2.45, 2.75) is 51.6 Å². The van der Waals surface area contributed by atoms with Crippen molar-refractivity contribution < 1.29 is 4.79 Å². The highest BCUT2D eigenvalue weighted by Crippen LogP contribution is 2.22. The van der Waals surface area contributed by atoms with Crippen molar-refractivity contribution in [2.75, 3.05) is 33.2 Å². The fourth-order valence-electron chi connectivity index (χ4n) is 4.10. The quantitative estimate of drug-likeness (QED) is 0.890. The minimum Gasteiger partial charge on any atom is -0.335 e. The lowest BCUT2D eigenvalue weighted by molar-refractivity contribution is 0.151. The number of piperidine rings is 2. The van der Waals surface area contributed by atoms with E-state index in [1.54, 1.807) is 0 Å². The van der Waals surface area contributed by atoms with Crippen molar-refractivity contribution in [1.82, 2.24) is 24.9 Å². The summed E-state index contributed by atoms with van der Waals surface area (Å²) >= 11 is 0. The summed E-state index contributed by atoms with van der Waals surface area (Å²) in [5, 5.41) is 7.52. The Hall–Kier alpha value is -1.56. The van der Waals surface area contributed by atoms with Crippen LogP contribution in [0.1, 0.15) is 39.0 Å². The second kappa shape index (κ2) is 8.70. The molecule has 1 aromatic heterocycles. The van der Waals surface area contributed by atoms with E-state index >= 15 is 0 Å². The summed E-state index contributed by atoms with van der Waals surface area (Å²) in [5.74, 6) is 1.33. The van der Waals surface area contributed by atoms with Gasteiger partial charge in [-0.25, -0.2) is 4.79 Å². The maximum atomic E-state index is 12.6. The number of carbonyl (C=O) groups is 1. The van der Waals surface area contributed by atoms with E-state index in [9.17, 15) is 4.79 Å². The van der Waals surface area contributed by atoms with E-state index in [2.05, 4.69) is 29.3 Å². The second-order valence-corrected chi connectivity index (χ2v) is 7.87. The van der Waals surface area contributed by atoms with Crippen molar-refractivity contribution in [1.29, 1.82) is 0 Å². The summed E-state index contributed by atoms with van der Waals surface area (Å²) in [6, 6.07) is 2.38. The van der Waals surface area contributed by atoms with Crippen LogP contribution in [0, 0.1) is 11.8 Å². The van der Waals surface area contributed by atoms with Crippen LogP contribution >= 0.6 is 0 Å². The number of hydrogen-bond acceptors (Lipinski definition) is 3. The summed E-state index contributed by atoms with van der Waals surface area (Å²) in [7, 11) is 2.18. The molecule has 0 aromatic carbocycles. The van der Waals surface area contributed by atoms with Gasteiger partial charge in [0, 0.05) is 38.1 Å². The maximum absolute atomic E-state index is 12.6. The molecule has 3 heterocycles. The molecule has 2 amide bonds. The van der Waals surface area contributed by atoms with Crippen molar-refractivity contribution in [3.05, 3.63) is 18.5 Å². The molecule has 2 fully saturated rings. The maximum Gasteiger partial charge on any atom is 0.317 e. The van der Waals surface area contributed by atoms with Crippen LogP contribution in [0.2, 0.25) is 0 Å². The zero-order valence-corrected chi connectivity index (χ0v) is 15.7. The van der Waals surface area contributed by atoms with E-state index in [1.807, 2.05) is 28.0 Å². The average molecular weight is 348 g/mol. The first-order chi connectivity index (χ1) is 12.1. The molecular formula is C19H33N5O. The van der Waals surface area contributed by atoms with Crippen LogP contribution in [0.25, 0.3) is 0 Å². The molecular weight excluding hydrogens is 314 g/mol. The van der Waals surface area contributed by atoms with E-state index in [1.165, 1.54) is 12.8 Å². The van der Waals surface area contributed by atoms with Gasteiger partial charge in [0.25, 0.3) is 0 Å². The fourth-order valence-corrected chi connectivity index (χ4v) is 4.10. The number of urea groups is 1. The first kappa shape index (κ1) is 18.2. The molecule has 0 radical (unpaired) electrons. The largest absolute Gasteiger partial charge is 0.335 e. The normalized spacial score (nSPS) is 22.1. The monoisotopic (exact) mass is 347 g/mol. The van der Waals surface area contributed by atoms with Gasteiger partial charge in [0.2, 0.25) is 0 Å². The summed E-state index contributed by atoms with van der Waals surface area (Å²) in [5.41, 5.74) is 0. The van der Waals surface area contributed by atoms with Gasteiger partial charge in [-0.3, -0.25) is 4.68 Å². The molecule has 0 saturated carbocycles. The van der Waals surface area contributed by atoms with Gasteiger partial charge < -0.3 is 15.1 Å². The number of likely N-dealkylation sites (tertiary alicyclic amines) is 2. The molecule has 0 aliphatic carbocycles. The molecule has 0 spiro atoms. The predicted octanol–water partition coefficient (Wildman–Crippen LogP) is 2.43. The molecule has 3 rings (SSSR count). The van der Waals surface area contributed by atoms with Crippen molar-refractivity contribution in [2.24, 2.45) is 11.8 Å². The number of hydrogen-bond donors (Lipinski definition) is 1. The zero-order chi connectivity index (χ0) is 17.6. The Kier molecular flexibility index (Phi) is 6.34. The molecule has 25 heavy (non-hydrogen) atoms. The summed E-state index contributed by atoms with van der Waals surface area (Å²) in [6.07, 6.45) is 9.60. The van der Waals surface area contributed by atoms with Crippen molar-refractivity contribution >= 4 is 6.03 Å². The fraction of sp³-hybridized carbons (Fsp3) is 0.789. The molecule has 2 aliphatic rings. The van der Waals surface area contributed by atoms with Crippen LogP contribution in [0.4, 0.5) is 4.79 Å². The van der Waals surface area contributed by atoms with E-state index < -0.39 is 0 Å². The third kappa shape index (κ3) is 5.21. The first-order valence-corrected chi connectivity index (χ1v) is 9.83. The van der Waals surface area contributed by atoms with E-state index in [-0.39, 0.29) is 12.1 Å².